The number of hydrogen-bond acceptors (Lipinski definition) is 23. The van der Waals surface area contributed by atoms with Crippen LogP contribution in [0.15, 0.2) is 160 Å². The first-order chi connectivity index (χ1) is 55.0. The van der Waals surface area contributed by atoms with Crippen molar-refractivity contribution < 1.29 is 64.7 Å². The molecule has 3 saturated heterocycles. The zero-order valence-electron chi connectivity index (χ0n) is 65.2. The molecule has 2 saturated carbocycles. The summed E-state index contributed by atoms with van der Waals surface area (Å²) in [6.07, 6.45) is 9.46. The molecule has 5 aliphatic rings. The van der Waals surface area contributed by atoms with Gasteiger partial charge < -0.3 is 67.3 Å². The molecule has 12 heterocycles. The first kappa shape index (κ1) is 80.5. The molecular formula is C85H80BClF2N14O12. The number of nitrogens with two attached hydrogens (primary N) is 1. The second-order valence-corrected chi connectivity index (χ2v) is 30.0. The molecule has 3 aliphatic heterocycles. The molecule has 586 valence electrons. The van der Waals surface area contributed by atoms with Gasteiger partial charge in [0.05, 0.1) is 95.9 Å². The highest BCUT2D eigenvalue weighted by molar-refractivity contribution is 6.62. The van der Waals surface area contributed by atoms with Gasteiger partial charge in [-0.05, 0) is 130 Å². The molecule has 0 spiro atoms. The van der Waals surface area contributed by atoms with Gasteiger partial charge in [0.1, 0.15) is 75.0 Å². The number of rotatable bonds is 13. The molecule has 0 bridgehead atoms. The third-order valence-electron chi connectivity index (χ3n) is 20.8. The average Bonchev–Trinajstić information content (AvgIpc) is 1.59. The Balaban J connectivity index is 0.000000133. The van der Waals surface area contributed by atoms with Crippen LogP contribution in [0.2, 0.25) is 5.02 Å². The summed E-state index contributed by atoms with van der Waals surface area (Å²) < 4.78 is 78.1. The lowest BCUT2D eigenvalue weighted by Gasteiger charge is -2.32. The molecule has 30 heteroatoms. The smallest absolute Gasteiger partial charge is 0.494 e. The van der Waals surface area contributed by atoms with Crippen LogP contribution in [-0.4, -0.2) is 176 Å². The van der Waals surface area contributed by atoms with Gasteiger partial charge >= 0.3 is 7.12 Å². The normalized spacial score (nSPS) is 18.1. The highest BCUT2D eigenvalue weighted by Gasteiger charge is 2.55. The third kappa shape index (κ3) is 16.8. The maximum Gasteiger partial charge on any atom is 0.494 e. The lowest BCUT2D eigenvalue weighted by Crippen LogP contribution is -2.41. The number of amides is 3. The van der Waals surface area contributed by atoms with E-state index < -0.39 is 30.0 Å². The van der Waals surface area contributed by atoms with Crippen molar-refractivity contribution in [2.75, 3.05) is 88.2 Å². The number of furan rings is 3. The van der Waals surface area contributed by atoms with Crippen molar-refractivity contribution in [3.8, 4) is 86.3 Å². The molecule has 3 amide bonds. The fourth-order valence-corrected chi connectivity index (χ4v) is 13.7. The second-order valence-electron chi connectivity index (χ2n) is 29.6. The summed E-state index contributed by atoms with van der Waals surface area (Å²) in [6.45, 7) is 13.1. The Labute approximate surface area is 666 Å². The highest BCUT2D eigenvalue weighted by atomic mass is 35.5. The van der Waals surface area contributed by atoms with Gasteiger partial charge in [0.15, 0.2) is 34.0 Å². The quantitative estimate of drug-likeness (QED) is 0.101. The van der Waals surface area contributed by atoms with E-state index >= 15 is 0 Å². The maximum absolute atomic E-state index is 13.7. The van der Waals surface area contributed by atoms with Gasteiger partial charge in [-0.3, -0.25) is 34.3 Å². The van der Waals surface area contributed by atoms with Crippen LogP contribution in [0.3, 0.4) is 0 Å². The van der Waals surface area contributed by atoms with E-state index in [1.165, 1.54) is 65.6 Å². The van der Waals surface area contributed by atoms with Gasteiger partial charge in [-0.2, -0.15) is 15.8 Å². The number of benzene rings is 3. The Bertz CT molecular complexity index is 5850. The Morgan fingerprint density at radius 2 is 0.939 bits per heavy atom. The summed E-state index contributed by atoms with van der Waals surface area (Å²) in [6, 6.07) is 37.0. The zero-order chi connectivity index (χ0) is 82.1. The van der Waals surface area contributed by atoms with Crippen molar-refractivity contribution >= 4 is 80.9 Å². The van der Waals surface area contributed by atoms with Crippen LogP contribution >= 0.6 is 11.6 Å². The van der Waals surface area contributed by atoms with E-state index in [4.69, 9.17) is 69.4 Å². The molecule has 3 N–H and O–H groups in total. The molecule has 2 aliphatic carbocycles. The van der Waals surface area contributed by atoms with Crippen LogP contribution in [0.1, 0.15) is 81.0 Å². The number of ether oxygens (including phenoxy) is 4. The van der Waals surface area contributed by atoms with Crippen LogP contribution in [0, 0.1) is 76.2 Å². The van der Waals surface area contributed by atoms with E-state index in [2.05, 4.69) is 41.3 Å². The molecule has 4 unspecified atom stereocenters. The number of aromatic nitrogens is 6. The minimum Gasteiger partial charge on any atom is -0.494 e. The van der Waals surface area contributed by atoms with Crippen LogP contribution in [0.25, 0.3) is 89.9 Å². The third-order valence-corrected chi connectivity index (χ3v) is 21.1. The monoisotopic (exact) mass is 1570 g/mol. The van der Waals surface area contributed by atoms with E-state index in [0.29, 0.717) is 147 Å². The van der Waals surface area contributed by atoms with E-state index in [1.807, 2.05) is 83.2 Å². The Morgan fingerprint density at radius 1 is 0.530 bits per heavy atom. The van der Waals surface area contributed by atoms with Crippen LogP contribution in [0.4, 0.5) is 14.5 Å². The summed E-state index contributed by atoms with van der Waals surface area (Å²) in [5, 5.41) is 31.8. The lowest BCUT2D eigenvalue weighted by atomic mass is 9.78. The number of carbonyl (C=O) groups excluding carboxylic acids is 3. The van der Waals surface area contributed by atoms with Crippen molar-refractivity contribution in [3.63, 3.8) is 0 Å². The van der Waals surface area contributed by atoms with Crippen LogP contribution in [-0.2, 0) is 18.8 Å². The Kier molecular flexibility index (Phi) is 23.3. The molecule has 5 fully saturated rings. The fraction of sp³-hybridized carbons (Fsp3) is 0.294. The number of aryl methyl sites for hydroxylation is 1. The predicted octanol–water partition coefficient (Wildman–Crippen LogP) is 13.6. The SMILES string of the molecule is CC1(C)OB(c2ccc(F)c(C#N)c2)OC1(C)C.COc1cc(C(=O)N(C)C)cnc1-c1cc2nccc(-c3ccc(F)c(C#N)c3)c2o1.COc1cc(C(=O)N(C)C)cnc1-c1cc2nccc(Cl)c2o1.Cc1cc(C(=O)N(C)C)cnc1-c1cc2nccc(-c3ccc(NC4C5COCC54)c(C#N)c3)c2o1.NC1C2COCC12. The topological polar surface area (TPSA) is 342 Å². The number of fused-ring (bicyclic) bond motifs is 5. The van der Waals surface area contributed by atoms with E-state index in [0.717, 1.165) is 60.6 Å². The predicted molar refractivity (Wildman–Crippen MR) is 427 cm³/mol. The maximum atomic E-state index is 13.7. The average molecular weight is 1570 g/mol. The van der Waals surface area contributed by atoms with Crippen LogP contribution < -0.4 is 26.0 Å². The number of halogens is 3. The molecule has 9 aromatic heterocycles. The van der Waals surface area contributed by atoms with Crippen molar-refractivity contribution in [2.45, 2.75) is 57.9 Å². The van der Waals surface area contributed by atoms with Gasteiger partial charge in [0.2, 0.25) is 0 Å². The van der Waals surface area contributed by atoms with E-state index in [9.17, 15) is 28.4 Å². The number of nitriles is 3. The summed E-state index contributed by atoms with van der Waals surface area (Å²) in [5.41, 5.74) is 16.9. The van der Waals surface area contributed by atoms with Gasteiger partial charge in [-0.15, -0.1) is 0 Å². The van der Waals surface area contributed by atoms with Crippen LogP contribution in [0.5, 0.6) is 11.5 Å². The fourth-order valence-electron chi connectivity index (χ4n) is 13.5. The summed E-state index contributed by atoms with van der Waals surface area (Å²) >= 11 is 6.10. The van der Waals surface area contributed by atoms with Crippen molar-refractivity contribution in [2.24, 2.45) is 29.4 Å². The standard InChI is InChI=1S/C28H25N5O3.C23H17FN4O3.C16H14ClN3O3.C13H15BFNO2.C5H9NO/c1-15-8-18(28(34)33(2)3)12-31-25(15)24-10-23-27(36-24)19(6-7-30-23)16-4-5-22(17(9-16)11-29)32-26-20-13-35-14-21(20)26;1-28(2)23(29)15-9-19(30-3)21(27-12-15)20-10-18-22(31-20)16(6-7-26-18)13-4-5-17(24)14(8-13)11-25;1-20(2)16(21)9-6-12(22-3)14(19-8-9)13-7-11-15(23-13)10(17)4-5-18-11;1-12(2)13(3,4)18-14(17-12)10-5-6-11(15)9(7-10)8-16;6-5-3-1-7-2-4(3)5/h4-10,12,20-21,26,32H,13-14H2,1-3H3;4-10,12H,1-3H3;4-8H,1-3H3;5-7H,1-4H3;3-5H,1-2,6H2. The largest absolute Gasteiger partial charge is 0.494 e. The molecule has 115 heavy (non-hydrogen) atoms. The first-order valence-electron chi connectivity index (χ1n) is 36.5. The first-order valence-corrected chi connectivity index (χ1v) is 36.9. The number of methoxy groups -OCH3 is 2. The van der Waals surface area contributed by atoms with E-state index in [1.54, 1.807) is 116 Å². The number of anilines is 1. The van der Waals surface area contributed by atoms with Crippen molar-refractivity contribution in [3.05, 3.63) is 202 Å². The summed E-state index contributed by atoms with van der Waals surface area (Å²) in [4.78, 5) is 67.2. The van der Waals surface area contributed by atoms with Crippen molar-refractivity contribution in [1.82, 2.24) is 44.6 Å². The number of pyridine rings is 6. The number of hydrogen-bond donors (Lipinski definition) is 2. The molecular weight excluding hydrogens is 1490 g/mol. The molecule has 3 aromatic carbocycles. The van der Waals surface area contributed by atoms with E-state index in [-0.39, 0.29) is 28.8 Å². The molecule has 17 rings (SSSR count). The molecule has 4 atom stereocenters. The summed E-state index contributed by atoms with van der Waals surface area (Å²) in [5.74, 6) is 3.26. The van der Waals surface area contributed by atoms with Gasteiger partial charge in [0, 0.05) is 145 Å². The minimum atomic E-state index is -0.585. The molecule has 26 nitrogen and oxygen atoms in total. The lowest BCUT2D eigenvalue weighted by molar-refractivity contribution is 0.00578. The van der Waals surface area contributed by atoms with Crippen molar-refractivity contribution in [1.29, 1.82) is 15.8 Å². The molecule has 12 aromatic rings. The Hall–Kier alpha value is -12.5. The summed E-state index contributed by atoms with van der Waals surface area (Å²) in [7, 11) is 12.5. The number of nitrogens with one attached hydrogen (secondary N) is 1. The van der Waals surface area contributed by atoms with Gasteiger partial charge in [-0.25, -0.2) is 18.7 Å². The number of nitrogens with zero attached hydrogens (tertiary/aromatic N) is 12. The zero-order valence-corrected chi connectivity index (χ0v) is 66.0. The molecule has 0 radical (unpaired) electrons. The Morgan fingerprint density at radius 3 is 1.38 bits per heavy atom. The second kappa shape index (κ2) is 33.3. The highest BCUT2D eigenvalue weighted by Crippen LogP contribution is 2.48. The minimum absolute atomic E-state index is 0.00205. The van der Waals surface area contributed by atoms with Gasteiger partial charge in [-0.1, -0.05) is 29.8 Å². The van der Waals surface area contributed by atoms with Gasteiger partial charge in [0.25, 0.3) is 17.7 Å². The number of carbonyl (C=O) groups is 3.